The molecule has 0 aliphatic heterocycles. The highest BCUT2D eigenvalue weighted by Gasteiger charge is 2.27. The van der Waals surface area contributed by atoms with E-state index in [4.69, 9.17) is 16.3 Å². The summed E-state index contributed by atoms with van der Waals surface area (Å²) in [6, 6.07) is 12.8. The monoisotopic (exact) mass is 410 g/mol. The number of carbonyl (C=O) groups is 1. The third-order valence-corrected chi connectivity index (χ3v) is 5.90. The molecule has 6 nitrogen and oxygen atoms in total. The van der Waals surface area contributed by atoms with Crippen LogP contribution < -0.4 is 9.62 Å². The summed E-state index contributed by atoms with van der Waals surface area (Å²) < 4.78 is 32.3. The first-order valence-corrected chi connectivity index (χ1v) is 10.3. The van der Waals surface area contributed by atoms with E-state index in [1.165, 1.54) is 12.1 Å². The normalized spacial score (nSPS) is 11.2. The molecule has 0 saturated carbocycles. The lowest BCUT2D eigenvalue weighted by Gasteiger charge is -2.24. The van der Waals surface area contributed by atoms with Crippen LogP contribution in [0.5, 0.6) is 0 Å². The minimum atomic E-state index is -3.91. The number of sulfonamides is 1. The first kappa shape index (κ1) is 21.2. The first-order valence-electron chi connectivity index (χ1n) is 8.45. The molecule has 0 atom stereocenters. The van der Waals surface area contributed by atoms with Crippen LogP contribution in [-0.4, -0.2) is 41.1 Å². The van der Waals surface area contributed by atoms with Gasteiger partial charge in [0.05, 0.1) is 10.6 Å². The Hall–Kier alpha value is -2.09. The van der Waals surface area contributed by atoms with Gasteiger partial charge >= 0.3 is 0 Å². The van der Waals surface area contributed by atoms with Crippen LogP contribution in [-0.2, 0) is 19.6 Å². The molecule has 2 aromatic rings. The zero-order chi connectivity index (χ0) is 19.9. The maximum absolute atomic E-state index is 13.1. The van der Waals surface area contributed by atoms with E-state index in [2.05, 4.69) is 5.32 Å². The van der Waals surface area contributed by atoms with E-state index in [0.29, 0.717) is 30.3 Å². The van der Waals surface area contributed by atoms with Gasteiger partial charge in [0.2, 0.25) is 5.91 Å². The fraction of sp³-hybridized carbons (Fsp3) is 0.316. The Balaban J connectivity index is 2.28. The van der Waals surface area contributed by atoms with Gasteiger partial charge in [0.1, 0.15) is 6.54 Å². The molecular weight excluding hydrogens is 388 g/mol. The standard InChI is InChI=1S/C19H23ClN2O4S/c1-15-4-10-18(11-5-15)27(24,25)22(17-8-6-16(20)7-9-17)14-19(23)21-12-3-13-26-2/h4-11H,3,12-14H2,1-2H3,(H,21,23). The van der Waals surface area contributed by atoms with Crippen molar-refractivity contribution in [2.45, 2.75) is 18.2 Å². The summed E-state index contributed by atoms with van der Waals surface area (Å²) in [7, 11) is -2.33. The molecule has 0 aromatic heterocycles. The molecule has 27 heavy (non-hydrogen) atoms. The molecule has 1 N–H and O–H groups in total. The Bertz CT molecular complexity index is 852. The fourth-order valence-corrected chi connectivity index (χ4v) is 3.94. The smallest absolute Gasteiger partial charge is 0.264 e. The second-order valence-corrected chi connectivity index (χ2v) is 8.30. The average molecular weight is 411 g/mol. The molecule has 0 unspecified atom stereocenters. The lowest BCUT2D eigenvalue weighted by atomic mass is 10.2. The van der Waals surface area contributed by atoms with Crippen molar-refractivity contribution in [2.24, 2.45) is 0 Å². The Morgan fingerprint density at radius 3 is 2.33 bits per heavy atom. The number of hydrogen-bond acceptors (Lipinski definition) is 4. The Morgan fingerprint density at radius 2 is 1.74 bits per heavy atom. The van der Waals surface area contributed by atoms with Crippen molar-refractivity contribution in [1.29, 1.82) is 0 Å². The number of amides is 1. The van der Waals surface area contributed by atoms with Crippen LogP contribution in [0.1, 0.15) is 12.0 Å². The lowest BCUT2D eigenvalue weighted by Crippen LogP contribution is -2.41. The molecule has 146 valence electrons. The summed E-state index contributed by atoms with van der Waals surface area (Å²) in [6.45, 7) is 2.47. The minimum Gasteiger partial charge on any atom is -0.385 e. The lowest BCUT2D eigenvalue weighted by molar-refractivity contribution is -0.119. The third-order valence-electron chi connectivity index (χ3n) is 3.86. The molecule has 0 spiro atoms. The number of anilines is 1. The number of rotatable bonds is 9. The van der Waals surface area contributed by atoms with Crippen molar-refractivity contribution in [1.82, 2.24) is 5.32 Å². The highest BCUT2D eigenvalue weighted by Crippen LogP contribution is 2.25. The summed E-state index contributed by atoms with van der Waals surface area (Å²) in [4.78, 5) is 12.4. The average Bonchev–Trinajstić information content (AvgIpc) is 2.64. The van der Waals surface area contributed by atoms with E-state index in [1.54, 1.807) is 43.5 Å². The van der Waals surface area contributed by atoms with Gasteiger partial charge in [0, 0.05) is 25.3 Å². The van der Waals surface area contributed by atoms with Crippen molar-refractivity contribution in [3.8, 4) is 0 Å². The van der Waals surface area contributed by atoms with Crippen LogP contribution in [0.3, 0.4) is 0 Å². The number of methoxy groups -OCH3 is 1. The minimum absolute atomic E-state index is 0.121. The number of benzene rings is 2. The summed E-state index contributed by atoms with van der Waals surface area (Å²) in [5, 5.41) is 3.19. The van der Waals surface area contributed by atoms with Crippen molar-refractivity contribution in [2.75, 3.05) is 31.1 Å². The number of nitrogens with zero attached hydrogens (tertiary/aromatic N) is 1. The van der Waals surface area contributed by atoms with Crippen LogP contribution in [0.25, 0.3) is 0 Å². The zero-order valence-corrected chi connectivity index (χ0v) is 16.9. The Morgan fingerprint density at radius 1 is 1.11 bits per heavy atom. The van der Waals surface area contributed by atoms with Gasteiger partial charge in [-0.2, -0.15) is 0 Å². The van der Waals surface area contributed by atoms with Gasteiger partial charge in [-0.1, -0.05) is 29.3 Å². The van der Waals surface area contributed by atoms with Gasteiger partial charge in [-0.05, 0) is 49.7 Å². The molecule has 0 radical (unpaired) electrons. The summed E-state index contributed by atoms with van der Waals surface area (Å²) in [5.74, 6) is -0.392. The first-order chi connectivity index (χ1) is 12.8. The van der Waals surface area contributed by atoms with Crippen molar-refractivity contribution < 1.29 is 17.9 Å². The molecule has 0 bridgehead atoms. The topological polar surface area (TPSA) is 75.7 Å². The van der Waals surface area contributed by atoms with Gasteiger partial charge in [-0.15, -0.1) is 0 Å². The highest BCUT2D eigenvalue weighted by molar-refractivity contribution is 7.92. The van der Waals surface area contributed by atoms with E-state index in [-0.39, 0.29) is 11.4 Å². The quantitative estimate of drug-likeness (QED) is 0.645. The molecule has 0 fully saturated rings. The molecule has 2 aromatic carbocycles. The predicted molar refractivity (Wildman–Crippen MR) is 107 cm³/mol. The number of nitrogens with one attached hydrogen (secondary N) is 1. The molecule has 8 heteroatoms. The summed E-state index contributed by atoms with van der Waals surface area (Å²) in [5.41, 5.74) is 1.31. The van der Waals surface area contributed by atoms with Crippen molar-refractivity contribution >= 4 is 33.2 Å². The second kappa shape index (κ2) is 9.73. The molecular formula is C19H23ClN2O4S. The predicted octanol–water partition coefficient (Wildman–Crippen LogP) is 3.00. The van der Waals surface area contributed by atoms with Gasteiger partial charge in [0.25, 0.3) is 10.0 Å². The largest absolute Gasteiger partial charge is 0.385 e. The van der Waals surface area contributed by atoms with Gasteiger partial charge < -0.3 is 10.1 Å². The van der Waals surface area contributed by atoms with Crippen LogP contribution >= 0.6 is 11.6 Å². The maximum atomic E-state index is 13.1. The zero-order valence-electron chi connectivity index (χ0n) is 15.3. The highest BCUT2D eigenvalue weighted by atomic mass is 35.5. The molecule has 2 rings (SSSR count). The molecule has 0 aliphatic carbocycles. The maximum Gasteiger partial charge on any atom is 0.264 e. The molecule has 1 amide bonds. The third kappa shape index (κ3) is 5.95. The number of ether oxygens (including phenoxy) is 1. The van der Waals surface area contributed by atoms with Gasteiger partial charge in [-0.3, -0.25) is 9.10 Å². The van der Waals surface area contributed by atoms with Crippen molar-refractivity contribution in [3.05, 3.63) is 59.1 Å². The van der Waals surface area contributed by atoms with E-state index < -0.39 is 15.9 Å². The van der Waals surface area contributed by atoms with Crippen LogP contribution in [0.15, 0.2) is 53.4 Å². The van der Waals surface area contributed by atoms with E-state index >= 15 is 0 Å². The number of aryl methyl sites for hydroxylation is 1. The van der Waals surface area contributed by atoms with Gasteiger partial charge in [0.15, 0.2) is 0 Å². The summed E-state index contributed by atoms with van der Waals surface area (Å²) >= 11 is 5.91. The number of carbonyl (C=O) groups excluding carboxylic acids is 1. The van der Waals surface area contributed by atoms with E-state index in [9.17, 15) is 13.2 Å². The molecule has 0 heterocycles. The Labute approximate surface area is 165 Å². The SMILES string of the molecule is COCCCNC(=O)CN(c1ccc(Cl)cc1)S(=O)(=O)c1ccc(C)cc1. The number of halogens is 1. The molecule has 0 aliphatic rings. The second-order valence-electron chi connectivity index (χ2n) is 6.00. The molecule has 0 saturated heterocycles. The van der Waals surface area contributed by atoms with Gasteiger partial charge in [-0.25, -0.2) is 8.42 Å². The fourth-order valence-electron chi connectivity index (χ4n) is 2.39. The van der Waals surface area contributed by atoms with E-state index in [0.717, 1.165) is 9.87 Å². The summed E-state index contributed by atoms with van der Waals surface area (Å²) in [6.07, 6.45) is 0.647. The van der Waals surface area contributed by atoms with Crippen LogP contribution in [0.2, 0.25) is 5.02 Å². The van der Waals surface area contributed by atoms with E-state index in [1.807, 2.05) is 6.92 Å². The van der Waals surface area contributed by atoms with Crippen molar-refractivity contribution in [3.63, 3.8) is 0 Å². The number of hydrogen-bond donors (Lipinski definition) is 1. The Kier molecular flexibility index (Phi) is 7.65. The van der Waals surface area contributed by atoms with Crippen LogP contribution in [0.4, 0.5) is 5.69 Å². The van der Waals surface area contributed by atoms with Crippen LogP contribution in [0, 0.1) is 6.92 Å².